The van der Waals surface area contributed by atoms with Crippen molar-refractivity contribution in [2.24, 2.45) is 0 Å². The number of nitrogens with two attached hydrogens (primary N) is 3. The first kappa shape index (κ1) is 8.50. The molecule has 4 heteroatoms. The van der Waals surface area contributed by atoms with Crippen LogP contribution in [-0.2, 0) is 0 Å². The summed E-state index contributed by atoms with van der Waals surface area (Å²) in [4.78, 5) is 0. The van der Waals surface area contributed by atoms with Crippen molar-refractivity contribution in [2.75, 3.05) is 17.2 Å². The largest absolute Gasteiger partial charge is 0.591 e. The molecule has 0 saturated carbocycles. The summed E-state index contributed by atoms with van der Waals surface area (Å²) in [6, 6.07) is 7.34. The second kappa shape index (κ2) is 2.70. The normalized spacial score (nSPS) is 10.6. The highest BCUT2D eigenvalue weighted by molar-refractivity contribution is 6.07. The Morgan fingerprint density at radius 2 is 1.36 bits per heavy atom. The van der Waals surface area contributed by atoms with E-state index in [1.165, 1.54) is 0 Å². The number of rotatable bonds is 0. The van der Waals surface area contributed by atoms with Gasteiger partial charge in [0, 0.05) is 5.39 Å². The van der Waals surface area contributed by atoms with Crippen molar-refractivity contribution in [1.29, 1.82) is 0 Å². The van der Waals surface area contributed by atoms with Crippen LogP contribution in [0.2, 0.25) is 0 Å². The van der Waals surface area contributed by atoms with Crippen molar-refractivity contribution in [3.8, 4) is 5.75 Å². The van der Waals surface area contributed by atoms with Crippen molar-refractivity contribution in [2.45, 2.75) is 0 Å². The minimum absolute atomic E-state index is 0.243. The van der Waals surface area contributed by atoms with Gasteiger partial charge in [-0.25, -0.2) is 0 Å². The zero-order chi connectivity index (χ0) is 10.3. The van der Waals surface area contributed by atoms with Gasteiger partial charge in [0.1, 0.15) is 0 Å². The van der Waals surface area contributed by atoms with Gasteiger partial charge in [-0.1, -0.05) is 18.2 Å². The van der Waals surface area contributed by atoms with Crippen molar-refractivity contribution >= 4 is 27.8 Å². The average Bonchev–Trinajstić information content (AvgIpc) is 2.23. The maximum absolute atomic E-state index is 7.77. The van der Waals surface area contributed by atoms with Crippen LogP contribution in [0.5, 0.6) is 5.75 Å². The molecule has 0 aliphatic heterocycles. The maximum atomic E-state index is 7.77. The van der Waals surface area contributed by atoms with Gasteiger partial charge < -0.3 is 22.3 Å². The summed E-state index contributed by atoms with van der Waals surface area (Å²) in [7, 11) is 0. The number of hydrogen-bond donors (Lipinski definition) is 3. The predicted molar refractivity (Wildman–Crippen MR) is 60.2 cm³/mol. The number of hydrogen-bond acceptors (Lipinski definition) is 3. The Balaban J connectivity index is 3.02. The Hall–Kier alpha value is -2.10. The molecule has 0 amide bonds. The van der Waals surface area contributed by atoms with Crippen LogP contribution < -0.4 is 17.2 Å². The van der Waals surface area contributed by atoms with E-state index in [0.29, 0.717) is 11.4 Å². The molecular formula is C10H12N3O+. The Bertz CT molecular complexity index is 462. The zero-order valence-electron chi connectivity index (χ0n) is 7.54. The lowest BCUT2D eigenvalue weighted by molar-refractivity contribution is 0.484. The van der Waals surface area contributed by atoms with E-state index in [0.717, 1.165) is 10.8 Å². The van der Waals surface area contributed by atoms with Crippen LogP contribution in [0, 0.1) is 0 Å². The van der Waals surface area contributed by atoms with Crippen LogP contribution >= 0.6 is 0 Å². The molecule has 0 aromatic heterocycles. The van der Waals surface area contributed by atoms with Gasteiger partial charge in [0.05, 0.1) is 16.8 Å². The summed E-state index contributed by atoms with van der Waals surface area (Å²) in [5.74, 6) is 0.243. The molecule has 0 aliphatic rings. The van der Waals surface area contributed by atoms with Crippen molar-refractivity contribution < 1.29 is 5.11 Å². The highest BCUT2D eigenvalue weighted by Gasteiger charge is 2.15. The van der Waals surface area contributed by atoms with Crippen LogP contribution in [0.3, 0.4) is 0 Å². The van der Waals surface area contributed by atoms with Gasteiger partial charge in [0.25, 0.3) is 5.75 Å². The van der Waals surface area contributed by atoms with Gasteiger partial charge in [-0.15, -0.1) is 0 Å². The molecule has 0 heterocycles. The van der Waals surface area contributed by atoms with E-state index in [1.807, 2.05) is 24.3 Å². The summed E-state index contributed by atoms with van der Waals surface area (Å²) in [5, 5.41) is 9.28. The highest BCUT2D eigenvalue weighted by atomic mass is 16.3. The fourth-order valence-corrected chi connectivity index (χ4v) is 1.51. The molecule has 0 unspecified atom stereocenters. The minimum atomic E-state index is 0.243. The molecule has 72 valence electrons. The van der Waals surface area contributed by atoms with E-state index in [1.54, 1.807) is 0 Å². The molecule has 2 rings (SSSR count). The van der Waals surface area contributed by atoms with Crippen LogP contribution in [0.25, 0.3) is 10.8 Å². The zero-order valence-corrected chi connectivity index (χ0v) is 7.54. The standard InChI is InChI=1S/C10H11N3O/c11-7-5-3-1-2-4-6(5)10(14)9(13)8(7)12/h1-4,14H,11-13H2/p+1. The smallest absolute Gasteiger partial charge is 0.287 e. The third kappa shape index (κ3) is 0.939. The average molecular weight is 190 g/mol. The van der Waals surface area contributed by atoms with Crippen molar-refractivity contribution in [1.82, 2.24) is 0 Å². The lowest BCUT2D eigenvalue weighted by atomic mass is 10.0. The fourth-order valence-electron chi connectivity index (χ4n) is 1.51. The molecule has 0 spiro atoms. The SMILES string of the molecule is Nc1c(N)c([OH2+])c2ccccc2c1N. The van der Waals surface area contributed by atoms with E-state index in [9.17, 15) is 0 Å². The van der Waals surface area contributed by atoms with Gasteiger partial charge in [-0.3, -0.25) is 0 Å². The summed E-state index contributed by atoms with van der Waals surface area (Å²) < 4.78 is 0. The second-order valence-corrected chi connectivity index (χ2v) is 3.16. The lowest BCUT2D eigenvalue weighted by Gasteiger charge is -2.08. The van der Waals surface area contributed by atoms with Gasteiger partial charge in [0.15, 0.2) is 5.69 Å². The summed E-state index contributed by atoms with van der Waals surface area (Å²) in [6.45, 7) is 0. The molecule has 0 aliphatic carbocycles. The van der Waals surface area contributed by atoms with Crippen LogP contribution in [-0.4, -0.2) is 5.11 Å². The molecular weight excluding hydrogens is 178 g/mol. The lowest BCUT2D eigenvalue weighted by Crippen LogP contribution is -2.01. The maximum Gasteiger partial charge on any atom is 0.287 e. The molecule has 0 fully saturated rings. The van der Waals surface area contributed by atoms with Gasteiger partial charge >= 0.3 is 0 Å². The fraction of sp³-hybridized carbons (Fsp3) is 0. The molecule has 2 aromatic rings. The van der Waals surface area contributed by atoms with E-state index >= 15 is 0 Å². The first-order valence-electron chi connectivity index (χ1n) is 4.19. The van der Waals surface area contributed by atoms with E-state index < -0.39 is 0 Å². The Morgan fingerprint density at radius 1 is 0.786 bits per heavy atom. The Morgan fingerprint density at radius 3 is 2.00 bits per heavy atom. The van der Waals surface area contributed by atoms with Crippen LogP contribution in [0.4, 0.5) is 17.1 Å². The third-order valence-corrected chi connectivity index (χ3v) is 2.34. The van der Waals surface area contributed by atoms with Gasteiger partial charge in [0.2, 0.25) is 0 Å². The van der Waals surface area contributed by atoms with Crippen molar-refractivity contribution in [3.05, 3.63) is 24.3 Å². The molecule has 0 radical (unpaired) electrons. The summed E-state index contributed by atoms with van der Waals surface area (Å²) in [6.07, 6.45) is 0. The van der Waals surface area contributed by atoms with Crippen LogP contribution in [0.15, 0.2) is 24.3 Å². The van der Waals surface area contributed by atoms with Crippen LogP contribution in [0.1, 0.15) is 0 Å². The number of fused-ring (bicyclic) bond motifs is 1. The first-order valence-corrected chi connectivity index (χ1v) is 4.19. The van der Waals surface area contributed by atoms with E-state index in [2.05, 4.69) is 0 Å². The summed E-state index contributed by atoms with van der Waals surface area (Å²) >= 11 is 0. The van der Waals surface area contributed by atoms with Gasteiger partial charge in [-0.05, 0) is 6.07 Å². The Kier molecular flexibility index (Phi) is 1.64. The molecule has 8 N–H and O–H groups in total. The molecule has 14 heavy (non-hydrogen) atoms. The molecule has 0 atom stereocenters. The molecule has 4 nitrogen and oxygen atoms in total. The Labute approximate surface area is 80.9 Å². The first-order chi connectivity index (χ1) is 6.63. The molecule has 2 aromatic carbocycles. The number of anilines is 3. The number of nitrogen functional groups attached to an aromatic ring is 3. The van der Waals surface area contributed by atoms with E-state index in [4.69, 9.17) is 22.3 Å². The second-order valence-electron chi connectivity index (χ2n) is 3.16. The molecule has 0 saturated heterocycles. The topological polar surface area (TPSA) is 101 Å². The van der Waals surface area contributed by atoms with E-state index in [-0.39, 0.29) is 11.4 Å². The third-order valence-electron chi connectivity index (χ3n) is 2.34. The molecule has 0 bridgehead atoms. The van der Waals surface area contributed by atoms with Gasteiger partial charge in [-0.2, -0.15) is 0 Å². The van der Waals surface area contributed by atoms with Crippen molar-refractivity contribution in [3.63, 3.8) is 0 Å². The summed E-state index contributed by atoms with van der Waals surface area (Å²) in [5.41, 5.74) is 18.1. The predicted octanol–water partition coefficient (Wildman–Crippen LogP) is 1.02. The monoisotopic (exact) mass is 190 g/mol. The highest BCUT2D eigenvalue weighted by Crippen LogP contribution is 2.40. The quantitative estimate of drug-likeness (QED) is 0.427. The number of benzene rings is 2. The minimum Gasteiger partial charge on any atom is -0.591 e.